The van der Waals surface area contributed by atoms with Crippen LogP contribution < -0.4 is 5.32 Å². The minimum Gasteiger partial charge on any atom is -0.350 e. The van der Waals surface area contributed by atoms with Crippen molar-refractivity contribution in [2.45, 2.75) is 57.7 Å². The summed E-state index contributed by atoms with van der Waals surface area (Å²) in [6.07, 6.45) is 11.1. The quantitative estimate of drug-likeness (QED) is 0.745. The Hall–Kier alpha value is -2.31. The van der Waals surface area contributed by atoms with Crippen molar-refractivity contribution in [1.29, 1.82) is 0 Å². The average Bonchev–Trinajstić information content (AvgIpc) is 2.84. The molecule has 31 heavy (non-hydrogen) atoms. The Bertz CT molecular complexity index is 799. The van der Waals surface area contributed by atoms with Crippen LogP contribution in [0.4, 0.5) is 0 Å². The summed E-state index contributed by atoms with van der Waals surface area (Å²) in [6.45, 7) is 7.26. The van der Waals surface area contributed by atoms with Gasteiger partial charge in [0.05, 0.1) is 12.2 Å². The summed E-state index contributed by atoms with van der Waals surface area (Å²) in [4.78, 5) is 26.3. The van der Waals surface area contributed by atoms with Gasteiger partial charge in [-0.3, -0.25) is 14.8 Å². The van der Waals surface area contributed by atoms with Crippen LogP contribution in [-0.2, 0) is 17.8 Å². The van der Waals surface area contributed by atoms with E-state index in [0.29, 0.717) is 18.6 Å². The number of carbonyl (C=O) groups excluding carboxylic acids is 1. The number of likely N-dealkylation sites (tertiary alicyclic amines) is 2. The van der Waals surface area contributed by atoms with Crippen molar-refractivity contribution in [3.05, 3.63) is 60.2 Å². The fourth-order valence-corrected chi connectivity index (χ4v) is 5.03. The third-order valence-electron chi connectivity index (χ3n) is 6.96. The summed E-state index contributed by atoms with van der Waals surface area (Å²) in [7, 11) is 0. The lowest BCUT2D eigenvalue weighted by molar-refractivity contribution is -0.126. The van der Waals surface area contributed by atoms with Gasteiger partial charge in [0.15, 0.2) is 0 Å². The summed E-state index contributed by atoms with van der Waals surface area (Å²) < 4.78 is 0. The zero-order chi connectivity index (χ0) is 21.5. The number of nitrogens with zero attached hydrogens (tertiary/aromatic N) is 4. The minimum absolute atomic E-state index is 0.138. The van der Waals surface area contributed by atoms with Crippen molar-refractivity contribution in [1.82, 2.24) is 25.1 Å². The van der Waals surface area contributed by atoms with Gasteiger partial charge in [-0.15, -0.1) is 0 Å². The molecule has 2 aromatic heterocycles. The molecule has 1 N–H and O–H groups in total. The highest BCUT2D eigenvalue weighted by Crippen LogP contribution is 2.25. The topological polar surface area (TPSA) is 61.4 Å². The van der Waals surface area contributed by atoms with Gasteiger partial charge >= 0.3 is 0 Å². The van der Waals surface area contributed by atoms with Gasteiger partial charge < -0.3 is 15.1 Å². The van der Waals surface area contributed by atoms with Gasteiger partial charge in [-0.05, 0) is 89.0 Å². The summed E-state index contributed by atoms with van der Waals surface area (Å²) in [5, 5.41) is 3.07. The van der Waals surface area contributed by atoms with Gasteiger partial charge in [0, 0.05) is 36.6 Å². The molecule has 2 aliphatic heterocycles. The van der Waals surface area contributed by atoms with E-state index in [4.69, 9.17) is 0 Å². The van der Waals surface area contributed by atoms with Gasteiger partial charge in [-0.1, -0.05) is 12.1 Å². The molecular formula is C25H35N5O. The molecule has 6 nitrogen and oxygen atoms in total. The maximum Gasteiger partial charge on any atom is 0.223 e. The van der Waals surface area contributed by atoms with Crippen LogP contribution in [0.3, 0.4) is 0 Å². The van der Waals surface area contributed by atoms with Crippen molar-refractivity contribution >= 4 is 5.91 Å². The number of piperidine rings is 2. The van der Waals surface area contributed by atoms with E-state index in [2.05, 4.69) is 38.1 Å². The minimum atomic E-state index is 0.138. The van der Waals surface area contributed by atoms with E-state index in [-0.39, 0.29) is 11.8 Å². The average molecular weight is 422 g/mol. The number of nitrogens with one attached hydrogen (secondary N) is 1. The molecule has 2 aliphatic rings. The summed E-state index contributed by atoms with van der Waals surface area (Å²) >= 11 is 0. The van der Waals surface area contributed by atoms with Crippen LogP contribution >= 0.6 is 0 Å². The molecule has 1 amide bonds. The van der Waals surface area contributed by atoms with E-state index in [0.717, 1.165) is 51.1 Å². The normalized spacial score (nSPS) is 20.4. The molecule has 0 spiro atoms. The molecule has 0 aromatic carbocycles. The molecular weight excluding hydrogens is 386 g/mol. The molecule has 1 atom stereocenters. The zero-order valence-electron chi connectivity index (χ0n) is 18.6. The monoisotopic (exact) mass is 421 g/mol. The lowest BCUT2D eigenvalue weighted by atomic mass is 9.92. The predicted molar refractivity (Wildman–Crippen MR) is 122 cm³/mol. The van der Waals surface area contributed by atoms with Gasteiger partial charge in [0.25, 0.3) is 0 Å². The second-order valence-corrected chi connectivity index (χ2v) is 9.03. The molecule has 0 radical (unpaired) electrons. The second-order valence-electron chi connectivity index (χ2n) is 9.03. The maximum absolute atomic E-state index is 12.6. The van der Waals surface area contributed by atoms with Gasteiger partial charge in [0.2, 0.25) is 5.91 Å². The molecule has 0 bridgehead atoms. The molecule has 0 aliphatic carbocycles. The SMILES string of the molecule is CC(Cc1cccnc1)N1CCC(N2CCC(C(=O)NCc3ccccn3)CC2)CC1. The van der Waals surface area contributed by atoms with Crippen LogP contribution in [0.15, 0.2) is 48.9 Å². The van der Waals surface area contributed by atoms with Crippen molar-refractivity contribution in [2.75, 3.05) is 26.2 Å². The Morgan fingerprint density at radius 2 is 1.87 bits per heavy atom. The van der Waals surface area contributed by atoms with E-state index < -0.39 is 0 Å². The molecule has 4 heterocycles. The maximum atomic E-state index is 12.6. The molecule has 4 rings (SSSR count). The lowest BCUT2D eigenvalue weighted by Crippen LogP contribution is -2.50. The highest BCUT2D eigenvalue weighted by Gasteiger charge is 2.31. The highest BCUT2D eigenvalue weighted by molar-refractivity contribution is 5.78. The van der Waals surface area contributed by atoms with E-state index in [1.54, 1.807) is 6.20 Å². The zero-order valence-corrected chi connectivity index (χ0v) is 18.6. The Morgan fingerprint density at radius 1 is 1.06 bits per heavy atom. The molecule has 2 aromatic rings. The Balaban J connectivity index is 1.16. The molecule has 1 unspecified atom stereocenters. The van der Waals surface area contributed by atoms with Crippen LogP contribution in [0.1, 0.15) is 43.9 Å². The Kier molecular flexibility index (Phi) is 7.65. The van der Waals surface area contributed by atoms with Crippen LogP contribution in [0.5, 0.6) is 0 Å². The van der Waals surface area contributed by atoms with Crippen molar-refractivity contribution < 1.29 is 4.79 Å². The first kappa shape index (κ1) is 21.9. The Labute approximate surface area is 186 Å². The third-order valence-corrected chi connectivity index (χ3v) is 6.96. The van der Waals surface area contributed by atoms with E-state index in [1.165, 1.54) is 18.4 Å². The number of hydrogen-bond donors (Lipinski definition) is 1. The molecule has 0 saturated carbocycles. The first-order chi connectivity index (χ1) is 15.2. The molecule has 2 fully saturated rings. The predicted octanol–water partition coefficient (Wildman–Crippen LogP) is 2.90. The van der Waals surface area contributed by atoms with Crippen LogP contribution in [0.2, 0.25) is 0 Å². The van der Waals surface area contributed by atoms with Crippen LogP contribution in [0.25, 0.3) is 0 Å². The van der Waals surface area contributed by atoms with E-state index >= 15 is 0 Å². The second kappa shape index (κ2) is 10.8. The Morgan fingerprint density at radius 3 is 2.55 bits per heavy atom. The number of aromatic nitrogens is 2. The molecule has 166 valence electrons. The van der Waals surface area contributed by atoms with Crippen molar-refractivity contribution in [3.63, 3.8) is 0 Å². The van der Waals surface area contributed by atoms with Gasteiger partial charge in [0.1, 0.15) is 0 Å². The van der Waals surface area contributed by atoms with Crippen LogP contribution in [0, 0.1) is 5.92 Å². The summed E-state index contributed by atoms with van der Waals surface area (Å²) in [6, 6.07) is 11.2. The smallest absolute Gasteiger partial charge is 0.223 e. The van der Waals surface area contributed by atoms with Crippen LogP contribution in [-0.4, -0.2) is 63.9 Å². The number of rotatable bonds is 7. The highest BCUT2D eigenvalue weighted by atomic mass is 16.1. The molecule has 2 saturated heterocycles. The summed E-state index contributed by atoms with van der Waals surface area (Å²) in [5.41, 5.74) is 2.23. The van der Waals surface area contributed by atoms with E-state index in [1.807, 2.05) is 36.7 Å². The number of hydrogen-bond acceptors (Lipinski definition) is 5. The fraction of sp³-hybridized carbons (Fsp3) is 0.560. The molecule has 6 heteroatoms. The number of pyridine rings is 2. The first-order valence-electron chi connectivity index (χ1n) is 11.7. The lowest BCUT2D eigenvalue weighted by Gasteiger charge is -2.43. The largest absolute Gasteiger partial charge is 0.350 e. The van der Waals surface area contributed by atoms with Crippen molar-refractivity contribution in [3.8, 4) is 0 Å². The first-order valence-corrected chi connectivity index (χ1v) is 11.7. The summed E-state index contributed by atoms with van der Waals surface area (Å²) in [5.74, 6) is 0.323. The van der Waals surface area contributed by atoms with Gasteiger partial charge in [-0.2, -0.15) is 0 Å². The van der Waals surface area contributed by atoms with Crippen molar-refractivity contribution in [2.24, 2.45) is 5.92 Å². The number of amides is 1. The van der Waals surface area contributed by atoms with Gasteiger partial charge in [-0.25, -0.2) is 0 Å². The number of carbonyl (C=O) groups is 1. The fourth-order valence-electron chi connectivity index (χ4n) is 5.03. The standard InChI is InChI=1S/C25H35N5O/c1-20(17-21-5-4-11-26-18-21)29-15-9-24(10-16-29)30-13-7-22(8-14-30)25(31)28-19-23-6-2-3-12-27-23/h2-6,11-12,18,20,22,24H,7-10,13-17,19H2,1H3,(H,28,31). The third kappa shape index (κ3) is 6.11. The van der Waals surface area contributed by atoms with E-state index in [9.17, 15) is 4.79 Å².